The first-order valence-electron chi connectivity index (χ1n) is 9.40. The first-order chi connectivity index (χ1) is 13.0. The van der Waals surface area contributed by atoms with Gasteiger partial charge in [0, 0.05) is 58.8 Å². The minimum atomic E-state index is -0.193. The molecule has 0 N–H and O–H groups in total. The van der Waals surface area contributed by atoms with Gasteiger partial charge in [-0.15, -0.1) is 0 Å². The van der Waals surface area contributed by atoms with Gasteiger partial charge in [-0.1, -0.05) is 12.1 Å². The Hall–Kier alpha value is -2.18. The number of nitrogens with zero attached hydrogens (tertiary/aromatic N) is 3. The molecule has 6 heteroatoms. The highest BCUT2D eigenvalue weighted by molar-refractivity contribution is 5.76. The van der Waals surface area contributed by atoms with Gasteiger partial charge in [0.15, 0.2) is 0 Å². The Morgan fingerprint density at radius 3 is 2.89 bits per heavy atom. The summed E-state index contributed by atoms with van der Waals surface area (Å²) in [6.45, 7) is 4.12. The van der Waals surface area contributed by atoms with E-state index >= 15 is 0 Å². The normalized spacial score (nSPS) is 17.4. The van der Waals surface area contributed by atoms with Crippen LogP contribution in [0.25, 0.3) is 0 Å². The van der Waals surface area contributed by atoms with Gasteiger partial charge in [-0.05, 0) is 42.2 Å². The maximum atomic E-state index is 13.5. The fourth-order valence-corrected chi connectivity index (χ4v) is 3.50. The summed E-state index contributed by atoms with van der Waals surface area (Å²) in [5, 5.41) is 0. The average Bonchev–Trinajstić information content (AvgIpc) is 2.98. The van der Waals surface area contributed by atoms with E-state index in [1.54, 1.807) is 31.1 Å². The molecular formula is C21H28FN3O2. The van der Waals surface area contributed by atoms with Crippen LogP contribution in [0.1, 0.15) is 17.7 Å². The predicted molar refractivity (Wildman–Crippen MR) is 103 cm³/mol. The maximum absolute atomic E-state index is 13.5. The van der Waals surface area contributed by atoms with E-state index in [1.165, 1.54) is 11.8 Å². The van der Waals surface area contributed by atoms with Crippen molar-refractivity contribution in [3.8, 4) is 0 Å². The molecule has 1 aromatic carbocycles. The Bertz CT molecular complexity index is 759. The highest BCUT2D eigenvalue weighted by atomic mass is 19.1. The molecule has 3 rings (SSSR count). The molecular weight excluding hydrogens is 345 g/mol. The summed E-state index contributed by atoms with van der Waals surface area (Å²) in [5.74, 6) is 0.208. The fourth-order valence-electron chi connectivity index (χ4n) is 3.50. The molecule has 1 aliphatic rings. The van der Waals surface area contributed by atoms with Crippen LogP contribution in [0.15, 0.2) is 42.6 Å². The second kappa shape index (κ2) is 9.15. The summed E-state index contributed by atoms with van der Waals surface area (Å²) < 4.78 is 21.4. The molecule has 0 radical (unpaired) electrons. The van der Waals surface area contributed by atoms with E-state index in [0.29, 0.717) is 12.5 Å². The van der Waals surface area contributed by atoms with Crippen molar-refractivity contribution >= 4 is 5.91 Å². The van der Waals surface area contributed by atoms with Crippen LogP contribution in [0.5, 0.6) is 0 Å². The van der Waals surface area contributed by atoms with Gasteiger partial charge in [-0.3, -0.25) is 9.69 Å². The van der Waals surface area contributed by atoms with Crippen LogP contribution in [-0.2, 0) is 29.2 Å². The molecule has 0 unspecified atom stereocenters. The van der Waals surface area contributed by atoms with Crippen molar-refractivity contribution in [2.75, 3.05) is 33.9 Å². The monoisotopic (exact) mass is 373 g/mol. The lowest BCUT2D eigenvalue weighted by molar-refractivity contribution is -0.133. The second-order valence-electron chi connectivity index (χ2n) is 7.45. The average molecular weight is 373 g/mol. The van der Waals surface area contributed by atoms with Crippen molar-refractivity contribution in [3.05, 3.63) is 59.7 Å². The van der Waals surface area contributed by atoms with Crippen LogP contribution >= 0.6 is 0 Å². The molecule has 2 aromatic rings. The standard InChI is InChI=1S/C21H28FN3O2/c1-23(2)21(26)16-27-10-8-18-13-24(12-17-5-3-6-19(22)11-17)15-20-7-4-9-25(20)14-18/h3-7,9,11,18H,8,10,12-16H2,1-2H3/t18-/m0/s1. The van der Waals surface area contributed by atoms with E-state index in [-0.39, 0.29) is 18.3 Å². The number of amides is 1. The third-order valence-electron chi connectivity index (χ3n) is 4.97. The lowest BCUT2D eigenvalue weighted by Gasteiger charge is -2.24. The van der Waals surface area contributed by atoms with Gasteiger partial charge in [0.05, 0.1) is 0 Å². The van der Waals surface area contributed by atoms with Gasteiger partial charge in [-0.25, -0.2) is 4.39 Å². The SMILES string of the molecule is CN(C)C(=O)COCC[C@H]1CN(Cc2cccc(F)c2)Cc2cccn2C1. The number of carbonyl (C=O) groups excluding carboxylic acids is 1. The summed E-state index contributed by atoms with van der Waals surface area (Å²) >= 11 is 0. The van der Waals surface area contributed by atoms with Crippen molar-refractivity contribution in [3.63, 3.8) is 0 Å². The Kier molecular flexibility index (Phi) is 6.63. The van der Waals surface area contributed by atoms with Crippen LogP contribution in [0, 0.1) is 11.7 Å². The quantitative estimate of drug-likeness (QED) is 0.701. The van der Waals surface area contributed by atoms with E-state index in [9.17, 15) is 9.18 Å². The molecule has 1 amide bonds. The van der Waals surface area contributed by atoms with E-state index in [2.05, 4.69) is 27.8 Å². The summed E-state index contributed by atoms with van der Waals surface area (Å²) in [6.07, 6.45) is 3.00. The Morgan fingerprint density at radius 1 is 1.26 bits per heavy atom. The molecule has 2 heterocycles. The number of halogens is 1. The smallest absolute Gasteiger partial charge is 0.248 e. The van der Waals surface area contributed by atoms with Crippen molar-refractivity contribution in [2.45, 2.75) is 26.1 Å². The summed E-state index contributed by atoms with van der Waals surface area (Å²) in [4.78, 5) is 15.5. The van der Waals surface area contributed by atoms with Gasteiger partial charge in [0.1, 0.15) is 12.4 Å². The van der Waals surface area contributed by atoms with E-state index in [1.807, 2.05) is 6.07 Å². The number of fused-ring (bicyclic) bond motifs is 1. The number of benzene rings is 1. The first-order valence-corrected chi connectivity index (χ1v) is 9.40. The van der Waals surface area contributed by atoms with Crippen LogP contribution in [0.4, 0.5) is 4.39 Å². The molecule has 0 aliphatic carbocycles. The molecule has 0 fully saturated rings. The van der Waals surface area contributed by atoms with Crippen molar-refractivity contribution in [2.24, 2.45) is 5.92 Å². The lowest BCUT2D eigenvalue weighted by atomic mass is 10.1. The lowest BCUT2D eigenvalue weighted by Crippen LogP contribution is -2.29. The first kappa shape index (κ1) is 19.6. The fraction of sp³-hybridized carbons (Fsp3) is 0.476. The minimum Gasteiger partial charge on any atom is -0.372 e. The van der Waals surface area contributed by atoms with Gasteiger partial charge in [0.2, 0.25) is 5.91 Å². The molecule has 0 bridgehead atoms. The number of rotatable bonds is 7. The van der Waals surface area contributed by atoms with E-state index in [0.717, 1.165) is 38.2 Å². The number of aromatic nitrogens is 1. The number of likely N-dealkylation sites (N-methyl/N-ethyl adjacent to an activating group) is 1. The van der Waals surface area contributed by atoms with Crippen LogP contribution < -0.4 is 0 Å². The van der Waals surface area contributed by atoms with E-state index in [4.69, 9.17) is 4.74 Å². The second-order valence-corrected chi connectivity index (χ2v) is 7.45. The zero-order chi connectivity index (χ0) is 19.2. The highest BCUT2D eigenvalue weighted by Gasteiger charge is 2.21. The van der Waals surface area contributed by atoms with Crippen LogP contribution in [0.3, 0.4) is 0 Å². The number of hydrogen-bond donors (Lipinski definition) is 0. The molecule has 27 heavy (non-hydrogen) atoms. The zero-order valence-corrected chi connectivity index (χ0v) is 16.1. The molecule has 146 valence electrons. The highest BCUT2D eigenvalue weighted by Crippen LogP contribution is 2.21. The number of ether oxygens (including phenoxy) is 1. The van der Waals surface area contributed by atoms with Gasteiger partial charge < -0.3 is 14.2 Å². The van der Waals surface area contributed by atoms with Gasteiger partial charge >= 0.3 is 0 Å². The van der Waals surface area contributed by atoms with Gasteiger partial charge in [-0.2, -0.15) is 0 Å². The summed E-state index contributed by atoms with van der Waals surface area (Å²) in [5.41, 5.74) is 2.26. The maximum Gasteiger partial charge on any atom is 0.248 e. The predicted octanol–water partition coefficient (Wildman–Crippen LogP) is 2.75. The molecule has 1 atom stereocenters. The Balaban J connectivity index is 1.60. The summed E-state index contributed by atoms with van der Waals surface area (Å²) in [7, 11) is 3.46. The molecule has 1 aromatic heterocycles. The Morgan fingerprint density at radius 2 is 2.11 bits per heavy atom. The topological polar surface area (TPSA) is 37.7 Å². The third-order valence-corrected chi connectivity index (χ3v) is 4.97. The van der Waals surface area contributed by atoms with Crippen LogP contribution in [-0.4, -0.2) is 54.1 Å². The van der Waals surface area contributed by atoms with Crippen molar-refractivity contribution in [1.82, 2.24) is 14.4 Å². The third kappa shape index (κ3) is 5.65. The molecule has 5 nitrogen and oxygen atoms in total. The van der Waals surface area contributed by atoms with Crippen LogP contribution in [0.2, 0.25) is 0 Å². The number of hydrogen-bond acceptors (Lipinski definition) is 3. The van der Waals surface area contributed by atoms with Crippen molar-refractivity contribution in [1.29, 1.82) is 0 Å². The summed E-state index contributed by atoms with van der Waals surface area (Å²) in [6, 6.07) is 11.0. The number of carbonyl (C=O) groups is 1. The molecule has 1 aliphatic heterocycles. The largest absolute Gasteiger partial charge is 0.372 e. The van der Waals surface area contributed by atoms with Gasteiger partial charge in [0.25, 0.3) is 0 Å². The molecule has 0 saturated carbocycles. The van der Waals surface area contributed by atoms with Crippen molar-refractivity contribution < 1.29 is 13.9 Å². The molecule has 0 saturated heterocycles. The van der Waals surface area contributed by atoms with E-state index < -0.39 is 0 Å². The molecule has 0 spiro atoms. The Labute approximate surface area is 160 Å². The zero-order valence-electron chi connectivity index (χ0n) is 16.1. The minimum absolute atomic E-state index is 0.0173.